The van der Waals surface area contributed by atoms with Gasteiger partial charge in [0.1, 0.15) is 30.3 Å². The summed E-state index contributed by atoms with van der Waals surface area (Å²) in [6, 6.07) is 7.22. The zero-order chi connectivity index (χ0) is 24.3. The van der Waals surface area contributed by atoms with Crippen molar-refractivity contribution < 1.29 is 14.4 Å². The molecule has 11 nitrogen and oxygen atoms in total. The van der Waals surface area contributed by atoms with Crippen LogP contribution >= 0.6 is 11.9 Å². The van der Waals surface area contributed by atoms with E-state index in [2.05, 4.69) is 30.1 Å². The second kappa shape index (κ2) is 12.8. The Kier molecular flexibility index (Phi) is 9.59. The fraction of sp³-hybridized carbons (Fsp3) is 0.455. The Morgan fingerprint density at radius 3 is 2.65 bits per heavy atom. The highest BCUT2D eigenvalue weighted by Gasteiger charge is 2.24. The molecule has 0 unspecified atom stereocenters. The summed E-state index contributed by atoms with van der Waals surface area (Å²) in [4.78, 5) is 30.3. The summed E-state index contributed by atoms with van der Waals surface area (Å²) in [5, 5.41) is 6.94. The molecule has 2 aromatic rings. The van der Waals surface area contributed by atoms with E-state index in [1.54, 1.807) is 4.90 Å². The molecule has 2 amide bonds. The number of urea groups is 1. The van der Waals surface area contributed by atoms with Gasteiger partial charge < -0.3 is 30.4 Å². The smallest absolute Gasteiger partial charge is 0.321 e. The number of anilines is 3. The molecule has 1 saturated heterocycles. The molecule has 4 N–H and O–H groups in total. The van der Waals surface area contributed by atoms with Crippen LogP contribution in [0.4, 0.5) is 22.1 Å². The van der Waals surface area contributed by atoms with Gasteiger partial charge in [0.15, 0.2) is 0 Å². The molecular formula is C22H32N8O3S. The fourth-order valence-corrected chi connectivity index (χ4v) is 3.61. The van der Waals surface area contributed by atoms with Gasteiger partial charge in [-0.05, 0) is 44.4 Å². The molecule has 3 rings (SSSR count). The van der Waals surface area contributed by atoms with E-state index in [-0.39, 0.29) is 12.1 Å². The number of benzene rings is 1. The van der Waals surface area contributed by atoms with Gasteiger partial charge in [-0.3, -0.25) is 4.72 Å². The Hall–Kier alpha value is -3.25. The standard InChI is InChI=1S/C22H32N8O3S/c1-16(2)33-18-6-4-17(5-7-18)28-22(31)30-11-9-29(10-12-30)21-19(20(23)24-15-25-21)14-26-32-13-8-27-34-3/h4-7,14-16,27H,8-13H2,1-3H3,(H,28,31)(H2,23,24,25)/b26-14+. The van der Waals surface area contributed by atoms with E-state index < -0.39 is 0 Å². The number of rotatable bonds is 10. The van der Waals surface area contributed by atoms with Crippen molar-refractivity contribution in [3.05, 3.63) is 36.2 Å². The molecule has 1 fully saturated rings. The van der Waals surface area contributed by atoms with Gasteiger partial charge in [0.25, 0.3) is 0 Å². The third-order valence-electron chi connectivity index (χ3n) is 4.93. The van der Waals surface area contributed by atoms with Crippen LogP contribution in [0.25, 0.3) is 0 Å². The molecule has 2 heterocycles. The quantitative estimate of drug-likeness (QED) is 0.200. The summed E-state index contributed by atoms with van der Waals surface area (Å²) in [5.41, 5.74) is 7.39. The Morgan fingerprint density at radius 1 is 1.24 bits per heavy atom. The summed E-state index contributed by atoms with van der Waals surface area (Å²) >= 11 is 1.52. The zero-order valence-electron chi connectivity index (χ0n) is 19.7. The van der Waals surface area contributed by atoms with Crippen LogP contribution < -0.4 is 25.4 Å². The first-order valence-corrected chi connectivity index (χ1v) is 12.3. The van der Waals surface area contributed by atoms with Crippen molar-refractivity contribution in [1.29, 1.82) is 0 Å². The third kappa shape index (κ3) is 7.39. The minimum atomic E-state index is -0.145. The van der Waals surface area contributed by atoms with E-state index in [1.807, 2.05) is 44.4 Å². The lowest BCUT2D eigenvalue weighted by Crippen LogP contribution is -2.50. The molecule has 184 valence electrons. The van der Waals surface area contributed by atoms with E-state index in [0.29, 0.717) is 56.5 Å². The maximum absolute atomic E-state index is 12.7. The molecular weight excluding hydrogens is 456 g/mol. The Bertz CT molecular complexity index is 950. The maximum atomic E-state index is 12.7. The molecule has 1 aliphatic heterocycles. The minimum Gasteiger partial charge on any atom is -0.491 e. The molecule has 12 heteroatoms. The van der Waals surface area contributed by atoms with Gasteiger partial charge >= 0.3 is 6.03 Å². The average molecular weight is 489 g/mol. The molecule has 0 radical (unpaired) electrons. The molecule has 34 heavy (non-hydrogen) atoms. The van der Waals surface area contributed by atoms with Crippen LogP contribution in [-0.2, 0) is 4.84 Å². The number of carbonyl (C=O) groups is 1. The fourth-order valence-electron chi connectivity index (χ4n) is 3.32. The molecule has 0 bridgehead atoms. The Balaban J connectivity index is 1.54. The van der Waals surface area contributed by atoms with Crippen molar-refractivity contribution in [2.75, 3.05) is 61.5 Å². The second-order valence-corrected chi connectivity index (χ2v) is 8.45. The lowest BCUT2D eigenvalue weighted by Gasteiger charge is -2.35. The lowest BCUT2D eigenvalue weighted by atomic mass is 10.2. The van der Waals surface area contributed by atoms with Gasteiger partial charge in [-0.1, -0.05) is 17.1 Å². The molecule has 1 aromatic carbocycles. The summed E-state index contributed by atoms with van der Waals surface area (Å²) in [5.74, 6) is 1.76. The maximum Gasteiger partial charge on any atom is 0.321 e. The number of nitrogen functional groups attached to an aromatic ring is 1. The van der Waals surface area contributed by atoms with Crippen molar-refractivity contribution in [3.8, 4) is 5.75 Å². The first-order chi connectivity index (χ1) is 16.5. The predicted molar refractivity (Wildman–Crippen MR) is 137 cm³/mol. The second-order valence-electron chi connectivity index (χ2n) is 7.76. The molecule has 1 aliphatic rings. The Morgan fingerprint density at radius 2 is 1.97 bits per heavy atom. The summed E-state index contributed by atoms with van der Waals surface area (Å²) < 4.78 is 8.72. The van der Waals surface area contributed by atoms with Crippen molar-refractivity contribution in [1.82, 2.24) is 19.6 Å². The molecule has 0 saturated carbocycles. The molecule has 1 aromatic heterocycles. The van der Waals surface area contributed by atoms with Crippen LogP contribution in [0.3, 0.4) is 0 Å². The number of aromatic nitrogens is 2. The third-order valence-corrected chi connectivity index (χ3v) is 5.43. The van der Waals surface area contributed by atoms with Gasteiger partial charge in [0.2, 0.25) is 0 Å². The number of oxime groups is 1. The number of hydrogen-bond donors (Lipinski definition) is 3. The topological polar surface area (TPSA) is 130 Å². The number of amides is 2. The van der Waals surface area contributed by atoms with Crippen molar-refractivity contribution in [2.45, 2.75) is 20.0 Å². The largest absolute Gasteiger partial charge is 0.491 e. The van der Waals surface area contributed by atoms with Crippen LogP contribution in [0.15, 0.2) is 35.7 Å². The van der Waals surface area contributed by atoms with Crippen LogP contribution in [0.2, 0.25) is 0 Å². The normalized spacial score (nSPS) is 14.0. The highest BCUT2D eigenvalue weighted by atomic mass is 32.2. The lowest BCUT2D eigenvalue weighted by molar-refractivity contribution is 0.152. The summed E-state index contributed by atoms with van der Waals surface area (Å²) in [6.07, 6.45) is 5.01. The van der Waals surface area contributed by atoms with Gasteiger partial charge in [0, 0.05) is 38.4 Å². The number of nitrogens with zero attached hydrogens (tertiary/aromatic N) is 5. The van der Waals surface area contributed by atoms with E-state index in [4.69, 9.17) is 15.3 Å². The van der Waals surface area contributed by atoms with Crippen LogP contribution in [-0.4, -0.2) is 78.8 Å². The average Bonchev–Trinajstić information content (AvgIpc) is 2.83. The van der Waals surface area contributed by atoms with E-state index >= 15 is 0 Å². The monoisotopic (exact) mass is 488 g/mol. The number of ether oxygens (including phenoxy) is 1. The number of hydrogen-bond acceptors (Lipinski definition) is 10. The molecule has 0 aliphatic carbocycles. The highest BCUT2D eigenvalue weighted by molar-refractivity contribution is 7.96. The number of nitrogens with two attached hydrogens (primary N) is 1. The first-order valence-electron chi connectivity index (χ1n) is 11.1. The highest BCUT2D eigenvalue weighted by Crippen LogP contribution is 2.22. The number of carbonyl (C=O) groups excluding carboxylic acids is 1. The van der Waals surface area contributed by atoms with Gasteiger partial charge in [-0.25, -0.2) is 14.8 Å². The van der Waals surface area contributed by atoms with Crippen LogP contribution in [0, 0.1) is 0 Å². The van der Waals surface area contributed by atoms with Gasteiger partial charge in [0.05, 0.1) is 17.9 Å². The van der Waals surface area contributed by atoms with Crippen molar-refractivity contribution in [2.24, 2.45) is 5.16 Å². The predicted octanol–water partition coefficient (Wildman–Crippen LogP) is 2.42. The van der Waals surface area contributed by atoms with E-state index in [1.165, 1.54) is 24.5 Å². The molecule has 0 atom stereocenters. The van der Waals surface area contributed by atoms with E-state index in [9.17, 15) is 4.79 Å². The van der Waals surface area contributed by atoms with E-state index in [0.717, 1.165) is 11.4 Å². The number of piperazine rings is 1. The molecule has 0 spiro atoms. The first kappa shape index (κ1) is 25.4. The van der Waals surface area contributed by atoms with Crippen LogP contribution in [0.5, 0.6) is 5.75 Å². The summed E-state index contributed by atoms with van der Waals surface area (Å²) in [7, 11) is 0. The number of nitrogens with one attached hydrogen (secondary N) is 2. The van der Waals surface area contributed by atoms with Gasteiger partial charge in [-0.2, -0.15) is 0 Å². The van der Waals surface area contributed by atoms with Crippen molar-refractivity contribution >= 4 is 41.5 Å². The van der Waals surface area contributed by atoms with Gasteiger partial charge in [-0.15, -0.1) is 0 Å². The summed E-state index contributed by atoms with van der Waals surface area (Å²) in [6.45, 7) is 7.33. The SMILES string of the molecule is CSNCCO/N=C/c1c(N)ncnc1N1CCN(C(=O)Nc2ccc(OC(C)C)cc2)CC1. The Labute approximate surface area is 204 Å². The van der Waals surface area contributed by atoms with Crippen LogP contribution in [0.1, 0.15) is 19.4 Å². The van der Waals surface area contributed by atoms with Crippen molar-refractivity contribution in [3.63, 3.8) is 0 Å². The zero-order valence-corrected chi connectivity index (χ0v) is 20.5. The minimum absolute atomic E-state index is 0.101.